The maximum atomic E-state index is 7.18. The fraction of sp³-hybridized carbons (Fsp3) is 0.269. The van der Waals surface area contributed by atoms with E-state index in [2.05, 4.69) is 239 Å². The first-order chi connectivity index (χ1) is 34.7. The van der Waals surface area contributed by atoms with Gasteiger partial charge in [-0.15, -0.1) is 0 Å². The third-order valence-electron chi connectivity index (χ3n) is 16.2. The number of fused-ring (bicyclic) bond motifs is 11. The first-order valence-corrected chi connectivity index (χ1v) is 27.3. The fourth-order valence-corrected chi connectivity index (χ4v) is 13.4. The van der Waals surface area contributed by atoms with Gasteiger partial charge in [0.1, 0.15) is 17.0 Å². The summed E-state index contributed by atoms with van der Waals surface area (Å²) >= 11 is 1.93. The van der Waals surface area contributed by atoms with Crippen LogP contribution in [0.3, 0.4) is 0 Å². The van der Waals surface area contributed by atoms with Gasteiger partial charge < -0.3 is 8.98 Å². The highest BCUT2D eigenvalue weighted by molar-refractivity contribution is 8.00. The van der Waals surface area contributed by atoms with Gasteiger partial charge in [-0.25, -0.2) is 4.98 Å². The molecule has 11 aromatic rings. The smallest absolute Gasteiger partial charge is 0.249 e. The van der Waals surface area contributed by atoms with E-state index in [0.29, 0.717) is 11.8 Å². The average Bonchev–Trinajstić information content (AvgIpc) is 4.03. The molecule has 0 fully saturated rings. The van der Waals surface area contributed by atoms with Gasteiger partial charge in [0.15, 0.2) is 0 Å². The lowest BCUT2D eigenvalue weighted by Crippen LogP contribution is -2.59. The first kappa shape index (κ1) is 46.1. The molecule has 0 atom stereocenters. The number of para-hydroxylation sites is 4. The first-order valence-electron chi connectivity index (χ1n) is 26.4. The topological polar surface area (TPSA) is 35.9 Å². The Morgan fingerprint density at radius 1 is 0.521 bits per heavy atom. The summed E-state index contributed by atoms with van der Waals surface area (Å²) in [6.07, 6.45) is 0. The van der Waals surface area contributed by atoms with Crippen molar-refractivity contribution in [2.24, 2.45) is 0 Å². The highest BCUT2D eigenvalue weighted by atomic mass is 32.2. The van der Waals surface area contributed by atoms with Crippen molar-refractivity contribution in [3.05, 3.63) is 167 Å². The second-order valence-electron chi connectivity index (χ2n) is 24.8. The standard InChI is InChI=1S/C67H64BN3OS/c1-37(2)44-18-16-19-45(38(3)4)61(44)71-55-23-15-14-22-53(55)69-64(71)48-21-17-20-47-46-27-24-39(31-57(46)72-63(47)48)40-30-56-60-59(32-40)73-58-29-26-42(66(8,9)10)35-51(58)68(60)52-36-43(67(11,12)13)34-50-49-33-41(65(5,6)7)25-28-54(49)70(56)62(50)52/h14-38H,1-13H3. The van der Waals surface area contributed by atoms with Gasteiger partial charge in [-0.1, -0.05) is 180 Å². The van der Waals surface area contributed by atoms with Gasteiger partial charge in [0.05, 0.1) is 27.8 Å². The third-order valence-corrected chi connectivity index (χ3v) is 17.3. The molecule has 2 aliphatic rings. The molecule has 8 aromatic carbocycles. The van der Waals surface area contributed by atoms with E-state index in [1.165, 1.54) is 92.7 Å². The number of rotatable bonds is 5. The Morgan fingerprint density at radius 2 is 1.19 bits per heavy atom. The predicted octanol–water partition coefficient (Wildman–Crippen LogP) is 16.8. The van der Waals surface area contributed by atoms with Gasteiger partial charge in [0.2, 0.25) is 6.71 Å². The SMILES string of the molecule is CC(C)c1cccc(C(C)C)c1-n1c(-c2cccc3c2oc2cc(-c4cc5c6c(c4)-n4c7ccc(C(C)(C)C)cc7c7cc(C(C)(C)C)cc(c74)B6c4cc(C(C)(C)C)ccc4S5)ccc23)nc2ccccc21. The van der Waals surface area contributed by atoms with Crippen LogP contribution in [0.15, 0.2) is 154 Å². The van der Waals surface area contributed by atoms with Crippen LogP contribution in [-0.4, -0.2) is 20.8 Å². The summed E-state index contributed by atoms with van der Waals surface area (Å²) in [5, 5.41) is 4.85. The van der Waals surface area contributed by atoms with Gasteiger partial charge in [0, 0.05) is 42.5 Å². The highest BCUT2D eigenvalue weighted by Gasteiger charge is 2.41. The monoisotopic (exact) mass is 969 g/mol. The van der Waals surface area contributed by atoms with E-state index in [1.807, 2.05) is 11.8 Å². The number of imidazole rings is 1. The van der Waals surface area contributed by atoms with Crippen molar-refractivity contribution < 1.29 is 4.42 Å². The van der Waals surface area contributed by atoms with E-state index < -0.39 is 0 Å². The summed E-state index contributed by atoms with van der Waals surface area (Å²) in [7, 11) is 0. The predicted molar refractivity (Wildman–Crippen MR) is 313 cm³/mol. The van der Waals surface area contributed by atoms with Crippen LogP contribution in [0.1, 0.15) is 130 Å². The van der Waals surface area contributed by atoms with E-state index in [1.54, 1.807) is 0 Å². The van der Waals surface area contributed by atoms with Crippen molar-refractivity contribution in [2.75, 3.05) is 0 Å². The normalized spacial score (nSPS) is 13.7. The minimum absolute atomic E-state index is 0.0113. The molecule has 13 rings (SSSR count). The maximum Gasteiger partial charge on any atom is 0.249 e. The van der Waals surface area contributed by atoms with Crippen molar-refractivity contribution in [1.29, 1.82) is 0 Å². The molecule has 0 amide bonds. The average molecular weight is 970 g/mol. The number of aromatic nitrogens is 3. The van der Waals surface area contributed by atoms with Crippen LogP contribution < -0.4 is 16.4 Å². The molecule has 0 bridgehead atoms. The summed E-state index contributed by atoms with van der Waals surface area (Å²) in [6, 6.07) is 53.3. The Hall–Kier alpha value is -6.76. The zero-order valence-corrected chi connectivity index (χ0v) is 45.5. The van der Waals surface area contributed by atoms with Crippen LogP contribution >= 0.6 is 11.8 Å². The Kier molecular flexibility index (Phi) is 10.0. The molecule has 73 heavy (non-hydrogen) atoms. The quantitative estimate of drug-likeness (QED) is 0.161. The molecular weight excluding hydrogens is 906 g/mol. The largest absolute Gasteiger partial charge is 0.455 e. The Labute approximate surface area is 434 Å². The van der Waals surface area contributed by atoms with Gasteiger partial charge >= 0.3 is 0 Å². The summed E-state index contributed by atoms with van der Waals surface area (Å²) in [4.78, 5) is 8.08. The molecule has 0 N–H and O–H groups in total. The minimum atomic E-state index is -0.0330. The molecule has 2 aliphatic heterocycles. The molecule has 362 valence electrons. The lowest BCUT2D eigenvalue weighted by atomic mass is 9.35. The van der Waals surface area contributed by atoms with E-state index in [4.69, 9.17) is 9.40 Å². The summed E-state index contributed by atoms with van der Waals surface area (Å²) < 4.78 is 12.2. The molecule has 4 nitrogen and oxygen atoms in total. The summed E-state index contributed by atoms with van der Waals surface area (Å²) in [6.45, 7) is 30.4. The lowest BCUT2D eigenvalue weighted by Gasteiger charge is -2.35. The van der Waals surface area contributed by atoms with Crippen LogP contribution in [0, 0.1) is 0 Å². The van der Waals surface area contributed by atoms with Crippen molar-refractivity contribution in [3.63, 3.8) is 0 Å². The van der Waals surface area contributed by atoms with Crippen LogP contribution in [0.2, 0.25) is 0 Å². The van der Waals surface area contributed by atoms with Gasteiger partial charge in [0.25, 0.3) is 0 Å². The van der Waals surface area contributed by atoms with Gasteiger partial charge in [-0.05, 0) is 145 Å². The van der Waals surface area contributed by atoms with E-state index in [9.17, 15) is 0 Å². The van der Waals surface area contributed by atoms with Crippen LogP contribution in [0.5, 0.6) is 0 Å². The van der Waals surface area contributed by atoms with E-state index in [0.717, 1.165) is 49.9 Å². The number of hydrogen-bond acceptors (Lipinski definition) is 3. The molecule has 0 spiro atoms. The fourth-order valence-electron chi connectivity index (χ4n) is 12.2. The second-order valence-corrected chi connectivity index (χ2v) is 25.9. The molecule has 0 aliphatic carbocycles. The van der Waals surface area contributed by atoms with Crippen LogP contribution in [0.4, 0.5) is 0 Å². The molecule has 5 heterocycles. The van der Waals surface area contributed by atoms with Crippen LogP contribution in [0.25, 0.3) is 88.7 Å². The Bertz CT molecular complexity index is 4110. The van der Waals surface area contributed by atoms with Crippen molar-refractivity contribution in [2.45, 2.75) is 128 Å². The summed E-state index contributed by atoms with van der Waals surface area (Å²) in [5.74, 6) is 1.54. The van der Waals surface area contributed by atoms with E-state index >= 15 is 0 Å². The van der Waals surface area contributed by atoms with Gasteiger partial charge in [-0.3, -0.25) is 4.57 Å². The van der Waals surface area contributed by atoms with Gasteiger partial charge in [-0.2, -0.15) is 0 Å². The zero-order valence-electron chi connectivity index (χ0n) is 44.7. The molecule has 0 saturated carbocycles. The van der Waals surface area contributed by atoms with Crippen molar-refractivity contribution >= 4 is 89.6 Å². The third kappa shape index (κ3) is 6.99. The zero-order chi connectivity index (χ0) is 50.8. The maximum absolute atomic E-state index is 7.18. The lowest BCUT2D eigenvalue weighted by molar-refractivity contribution is 0.590. The van der Waals surface area contributed by atoms with Crippen molar-refractivity contribution in [3.8, 4) is 33.9 Å². The summed E-state index contributed by atoms with van der Waals surface area (Å²) in [5.41, 5.74) is 23.1. The Morgan fingerprint density at radius 3 is 1.92 bits per heavy atom. The molecular formula is C67H64BN3OS. The number of hydrogen-bond donors (Lipinski definition) is 0. The molecule has 0 unspecified atom stereocenters. The van der Waals surface area contributed by atoms with E-state index in [-0.39, 0.29) is 23.0 Å². The molecule has 3 aromatic heterocycles. The minimum Gasteiger partial charge on any atom is -0.455 e. The molecule has 0 radical (unpaired) electrons. The van der Waals surface area contributed by atoms with Crippen molar-refractivity contribution in [1.82, 2.24) is 14.1 Å². The number of nitrogens with zero attached hydrogens (tertiary/aromatic N) is 3. The number of furan rings is 1. The highest BCUT2D eigenvalue weighted by Crippen LogP contribution is 2.46. The number of benzene rings is 8. The van der Waals surface area contributed by atoms with Crippen LogP contribution in [-0.2, 0) is 16.2 Å². The molecule has 6 heteroatoms. The molecule has 0 saturated heterocycles. The second kappa shape index (κ2) is 15.9. The Balaban J connectivity index is 1.04.